The molecular weight excluding hydrogens is 308 g/mol. The van der Waals surface area contributed by atoms with Gasteiger partial charge < -0.3 is 0 Å². The number of nitrogens with one attached hydrogen (secondary N) is 1. The van der Waals surface area contributed by atoms with Crippen molar-refractivity contribution >= 4 is 10.0 Å². The van der Waals surface area contributed by atoms with Gasteiger partial charge in [0.2, 0.25) is 10.0 Å². The Balaban J connectivity index is 1.89. The number of sulfonamides is 1. The molecule has 0 unspecified atom stereocenters. The lowest BCUT2D eigenvalue weighted by atomic mass is 9.86. The third kappa shape index (κ3) is 5.77. The minimum Gasteiger partial charge on any atom is -0.260 e. The molecule has 0 spiro atoms. The van der Waals surface area contributed by atoms with Gasteiger partial charge in [-0.15, -0.1) is 0 Å². The summed E-state index contributed by atoms with van der Waals surface area (Å²) in [6, 6.07) is 13.6. The van der Waals surface area contributed by atoms with Crippen LogP contribution < -0.4 is 4.72 Å². The standard InChI is InChI=1S/C18H24N2O2S/c1-18(2,3)16-9-7-15(8-10-16)11-13-23(21,22)20-14-17-6-4-5-12-19-17/h4-10,12,20H,11,13-14H2,1-3H3. The molecule has 0 radical (unpaired) electrons. The highest BCUT2D eigenvalue weighted by Gasteiger charge is 2.14. The zero-order valence-electron chi connectivity index (χ0n) is 13.9. The van der Waals surface area contributed by atoms with Crippen molar-refractivity contribution in [2.75, 3.05) is 5.75 Å². The van der Waals surface area contributed by atoms with Crippen LogP contribution in [0.3, 0.4) is 0 Å². The highest BCUT2D eigenvalue weighted by Crippen LogP contribution is 2.22. The third-order valence-corrected chi connectivity index (χ3v) is 5.00. The quantitative estimate of drug-likeness (QED) is 0.884. The van der Waals surface area contributed by atoms with E-state index >= 15 is 0 Å². The van der Waals surface area contributed by atoms with Gasteiger partial charge in [-0.25, -0.2) is 13.1 Å². The first-order valence-corrected chi connectivity index (χ1v) is 9.38. The molecule has 23 heavy (non-hydrogen) atoms. The molecule has 0 saturated carbocycles. The molecule has 5 heteroatoms. The molecule has 2 aromatic rings. The van der Waals surface area contributed by atoms with Gasteiger partial charge in [0.15, 0.2) is 0 Å². The normalized spacial score (nSPS) is 12.3. The van der Waals surface area contributed by atoms with Gasteiger partial charge in [-0.1, -0.05) is 51.1 Å². The smallest absolute Gasteiger partial charge is 0.212 e. The maximum Gasteiger partial charge on any atom is 0.212 e. The van der Waals surface area contributed by atoms with Gasteiger partial charge in [0.1, 0.15) is 0 Å². The van der Waals surface area contributed by atoms with Crippen molar-refractivity contribution in [3.63, 3.8) is 0 Å². The summed E-state index contributed by atoms with van der Waals surface area (Å²) in [6.07, 6.45) is 2.16. The maximum absolute atomic E-state index is 12.1. The van der Waals surface area contributed by atoms with Crippen molar-refractivity contribution in [1.82, 2.24) is 9.71 Å². The fourth-order valence-corrected chi connectivity index (χ4v) is 3.20. The van der Waals surface area contributed by atoms with E-state index in [2.05, 4.69) is 42.6 Å². The zero-order valence-corrected chi connectivity index (χ0v) is 14.7. The van der Waals surface area contributed by atoms with Crippen LogP contribution in [0.15, 0.2) is 48.7 Å². The van der Waals surface area contributed by atoms with E-state index in [0.29, 0.717) is 12.1 Å². The summed E-state index contributed by atoms with van der Waals surface area (Å²) >= 11 is 0. The van der Waals surface area contributed by atoms with Crippen LogP contribution in [0.1, 0.15) is 37.6 Å². The Hall–Kier alpha value is -1.72. The Bertz CT molecular complexity index is 718. The Kier molecular flexibility index (Phi) is 5.55. The number of nitrogens with zero attached hydrogens (tertiary/aromatic N) is 1. The molecule has 0 aliphatic heterocycles. The highest BCUT2D eigenvalue weighted by atomic mass is 32.2. The minimum absolute atomic E-state index is 0.0781. The summed E-state index contributed by atoms with van der Waals surface area (Å²) in [5.41, 5.74) is 3.10. The van der Waals surface area contributed by atoms with Gasteiger partial charge in [-0.05, 0) is 35.1 Å². The number of aryl methyl sites for hydroxylation is 1. The van der Waals surface area contributed by atoms with E-state index in [-0.39, 0.29) is 17.7 Å². The van der Waals surface area contributed by atoms with E-state index in [4.69, 9.17) is 0 Å². The average Bonchev–Trinajstić information content (AvgIpc) is 2.52. The minimum atomic E-state index is -3.31. The second-order valence-corrected chi connectivity index (χ2v) is 8.58. The number of aromatic nitrogens is 1. The summed E-state index contributed by atoms with van der Waals surface area (Å²) < 4.78 is 26.7. The van der Waals surface area contributed by atoms with Crippen LogP contribution in [0, 0.1) is 0 Å². The van der Waals surface area contributed by atoms with Crippen LogP contribution in [0.25, 0.3) is 0 Å². The maximum atomic E-state index is 12.1. The fraction of sp³-hybridized carbons (Fsp3) is 0.389. The Morgan fingerprint density at radius 2 is 1.74 bits per heavy atom. The van der Waals surface area contributed by atoms with E-state index in [0.717, 1.165) is 5.56 Å². The van der Waals surface area contributed by atoms with Crippen LogP contribution in [-0.2, 0) is 28.4 Å². The highest BCUT2D eigenvalue weighted by molar-refractivity contribution is 7.89. The first-order chi connectivity index (χ1) is 10.8. The Labute approximate surface area is 139 Å². The lowest BCUT2D eigenvalue weighted by Gasteiger charge is -2.19. The molecule has 0 aliphatic rings. The number of pyridine rings is 1. The summed E-state index contributed by atoms with van der Waals surface area (Å²) in [5, 5.41) is 0. The first kappa shape index (κ1) is 17.6. The molecule has 0 fully saturated rings. The molecule has 1 N–H and O–H groups in total. The number of benzene rings is 1. The molecule has 0 amide bonds. The molecule has 1 heterocycles. The first-order valence-electron chi connectivity index (χ1n) is 7.73. The van der Waals surface area contributed by atoms with Crippen LogP contribution in [0.4, 0.5) is 0 Å². The lowest BCUT2D eigenvalue weighted by molar-refractivity contribution is 0.579. The second kappa shape index (κ2) is 7.23. The average molecular weight is 332 g/mol. The molecule has 0 saturated heterocycles. The van der Waals surface area contributed by atoms with Crippen LogP contribution in [-0.4, -0.2) is 19.2 Å². The molecule has 124 valence electrons. The van der Waals surface area contributed by atoms with Crippen LogP contribution in [0.5, 0.6) is 0 Å². The van der Waals surface area contributed by atoms with Crippen molar-refractivity contribution in [2.24, 2.45) is 0 Å². The Morgan fingerprint density at radius 3 is 2.30 bits per heavy atom. The van der Waals surface area contributed by atoms with E-state index in [9.17, 15) is 8.42 Å². The van der Waals surface area contributed by atoms with Gasteiger partial charge in [-0.3, -0.25) is 4.98 Å². The van der Waals surface area contributed by atoms with Crippen molar-refractivity contribution < 1.29 is 8.42 Å². The topological polar surface area (TPSA) is 59.1 Å². The predicted molar refractivity (Wildman–Crippen MR) is 93.7 cm³/mol. The van der Waals surface area contributed by atoms with Gasteiger partial charge in [0, 0.05) is 6.20 Å². The van der Waals surface area contributed by atoms with Gasteiger partial charge in [0.05, 0.1) is 18.0 Å². The van der Waals surface area contributed by atoms with Crippen molar-refractivity contribution in [1.29, 1.82) is 0 Å². The number of hydrogen-bond donors (Lipinski definition) is 1. The van der Waals surface area contributed by atoms with Crippen LogP contribution in [0.2, 0.25) is 0 Å². The van der Waals surface area contributed by atoms with Crippen molar-refractivity contribution in [3.05, 3.63) is 65.5 Å². The summed E-state index contributed by atoms with van der Waals surface area (Å²) in [5.74, 6) is 0.0781. The molecule has 0 aliphatic carbocycles. The van der Waals surface area contributed by atoms with E-state index in [1.54, 1.807) is 18.3 Å². The van der Waals surface area contributed by atoms with E-state index in [1.807, 2.05) is 18.2 Å². The largest absolute Gasteiger partial charge is 0.260 e. The van der Waals surface area contributed by atoms with Gasteiger partial charge in [-0.2, -0.15) is 0 Å². The third-order valence-electron chi connectivity index (χ3n) is 3.68. The fourth-order valence-electron chi connectivity index (χ4n) is 2.18. The molecule has 4 nitrogen and oxygen atoms in total. The Morgan fingerprint density at radius 1 is 1.04 bits per heavy atom. The second-order valence-electron chi connectivity index (χ2n) is 6.66. The van der Waals surface area contributed by atoms with E-state index in [1.165, 1.54) is 5.56 Å². The summed E-state index contributed by atoms with van der Waals surface area (Å²) in [6.45, 7) is 6.71. The number of hydrogen-bond acceptors (Lipinski definition) is 3. The van der Waals surface area contributed by atoms with Crippen molar-refractivity contribution in [3.8, 4) is 0 Å². The van der Waals surface area contributed by atoms with Gasteiger partial charge >= 0.3 is 0 Å². The molecule has 1 aromatic heterocycles. The molecule has 0 bridgehead atoms. The van der Waals surface area contributed by atoms with E-state index < -0.39 is 10.0 Å². The molecule has 1 aromatic carbocycles. The van der Waals surface area contributed by atoms with Crippen LogP contribution >= 0.6 is 0 Å². The summed E-state index contributed by atoms with van der Waals surface area (Å²) in [7, 11) is -3.31. The molecule has 0 atom stereocenters. The monoisotopic (exact) mass is 332 g/mol. The SMILES string of the molecule is CC(C)(C)c1ccc(CCS(=O)(=O)NCc2ccccn2)cc1. The molecular formula is C18H24N2O2S. The lowest BCUT2D eigenvalue weighted by Crippen LogP contribution is -2.27. The number of rotatable bonds is 6. The van der Waals surface area contributed by atoms with Gasteiger partial charge in [0.25, 0.3) is 0 Å². The zero-order chi connectivity index (χ0) is 16.9. The summed E-state index contributed by atoms with van der Waals surface area (Å²) in [4.78, 5) is 4.11. The predicted octanol–water partition coefficient (Wildman–Crippen LogP) is 3.04. The molecule has 2 rings (SSSR count). The van der Waals surface area contributed by atoms with Crippen molar-refractivity contribution in [2.45, 2.75) is 39.2 Å².